The highest BCUT2D eigenvalue weighted by Gasteiger charge is 2.21. The number of amides is 1. The molecule has 0 saturated heterocycles. The average molecular weight is 342 g/mol. The molecule has 0 spiro atoms. The number of hydrogen-bond donors (Lipinski definition) is 1. The fourth-order valence-corrected chi connectivity index (χ4v) is 2.97. The summed E-state index contributed by atoms with van der Waals surface area (Å²) in [5, 5.41) is 3.91. The summed E-state index contributed by atoms with van der Waals surface area (Å²) < 4.78 is 0. The summed E-state index contributed by atoms with van der Waals surface area (Å²) in [6.45, 7) is 5.31. The van der Waals surface area contributed by atoms with E-state index >= 15 is 0 Å². The quantitative estimate of drug-likeness (QED) is 0.901. The van der Waals surface area contributed by atoms with Gasteiger partial charge < -0.3 is 10.2 Å². The fraction of sp³-hybridized carbons (Fsp3) is 0.263. The molecule has 2 aromatic carbocycles. The van der Waals surface area contributed by atoms with Crippen molar-refractivity contribution < 1.29 is 4.79 Å². The number of nitrogens with zero attached hydrogens (tertiary/aromatic N) is 2. The normalized spacial score (nSPS) is 14.1. The predicted octanol–water partition coefficient (Wildman–Crippen LogP) is 3.86. The van der Waals surface area contributed by atoms with Gasteiger partial charge >= 0.3 is 0 Å². The number of aryl methyl sites for hydroxylation is 2. The van der Waals surface area contributed by atoms with Crippen LogP contribution in [0.5, 0.6) is 0 Å². The maximum Gasteiger partial charge on any atom is 0.256 e. The van der Waals surface area contributed by atoms with Crippen LogP contribution in [0.1, 0.15) is 27.0 Å². The van der Waals surface area contributed by atoms with Crippen molar-refractivity contribution in [1.82, 2.24) is 10.2 Å². The van der Waals surface area contributed by atoms with Gasteiger partial charge in [-0.2, -0.15) is 0 Å². The van der Waals surface area contributed by atoms with Crippen LogP contribution in [0.3, 0.4) is 0 Å². The molecule has 0 fully saturated rings. The SMILES string of the molecule is Cc1ccc(CNC2=Nc3ccc(Cl)cc3C(=O)N(C)C2)c(C)c1. The van der Waals surface area contributed by atoms with Crippen LogP contribution in [0.25, 0.3) is 0 Å². The molecular weight excluding hydrogens is 322 g/mol. The minimum atomic E-state index is -0.0698. The zero-order valence-corrected chi connectivity index (χ0v) is 14.8. The lowest BCUT2D eigenvalue weighted by atomic mass is 10.1. The molecule has 124 valence electrons. The Bertz CT molecular complexity index is 829. The summed E-state index contributed by atoms with van der Waals surface area (Å²) in [6.07, 6.45) is 0. The van der Waals surface area contributed by atoms with Crippen molar-refractivity contribution in [3.05, 3.63) is 63.7 Å². The molecule has 0 saturated carbocycles. The van der Waals surface area contributed by atoms with Crippen molar-refractivity contribution in [3.63, 3.8) is 0 Å². The molecule has 0 aromatic heterocycles. The van der Waals surface area contributed by atoms with Gasteiger partial charge in [0.1, 0.15) is 5.84 Å². The van der Waals surface area contributed by atoms with Gasteiger partial charge in [0, 0.05) is 18.6 Å². The third-order valence-electron chi connectivity index (χ3n) is 4.16. The van der Waals surface area contributed by atoms with Crippen LogP contribution in [0.2, 0.25) is 5.02 Å². The molecule has 0 aliphatic carbocycles. The van der Waals surface area contributed by atoms with Gasteiger partial charge in [-0.1, -0.05) is 35.4 Å². The molecule has 1 N–H and O–H groups in total. The summed E-state index contributed by atoms with van der Waals surface area (Å²) in [7, 11) is 1.77. The van der Waals surface area contributed by atoms with Gasteiger partial charge in [-0.15, -0.1) is 0 Å². The first-order valence-electron chi connectivity index (χ1n) is 7.86. The van der Waals surface area contributed by atoms with E-state index in [9.17, 15) is 4.79 Å². The van der Waals surface area contributed by atoms with E-state index in [0.717, 1.165) is 5.84 Å². The van der Waals surface area contributed by atoms with Crippen LogP contribution in [0.15, 0.2) is 41.4 Å². The van der Waals surface area contributed by atoms with E-state index < -0.39 is 0 Å². The second kappa shape index (κ2) is 6.65. The molecule has 0 radical (unpaired) electrons. The Balaban J connectivity index is 1.85. The first-order chi connectivity index (χ1) is 11.4. The first kappa shape index (κ1) is 16.5. The molecule has 1 amide bonds. The van der Waals surface area contributed by atoms with Gasteiger partial charge in [0.05, 0.1) is 17.8 Å². The van der Waals surface area contributed by atoms with Crippen LogP contribution in [-0.4, -0.2) is 30.2 Å². The second-order valence-corrected chi connectivity index (χ2v) is 6.60. The van der Waals surface area contributed by atoms with E-state index in [4.69, 9.17) is 11.6 Å². The smallest absolute Gasteiger partial charge is 0.256 e. The van der Waals surface area contributed by atoms with Crippen molar-refractivity contribution in [2.24, 2.45) is 4.99 Å². The fourth-order valence-electron chi connectivity index (χ4n) is 2.80. The summed E-state index contributed by atoms with van der Waals surface area (Å²) >= 11 is 6.02. The van der Waals surface area contributed by atoms with Gasteiger partial charge in [-0.25, -0.2) is 4.99 Å². The first-order valence-corrected chi connectivity index (χ1v) is 8.24. The summed E-state index contributed by atoms with van der Waals surface area (Å²) in [5.74, 6) is 0.700. The molecule has 0 atom stereocenters. The summed E-state index contributed by atoms with van der Waals surface area (Å²) in [4.78, 5) is 18.7. The number of carbonyl (C=O) groups is 1. The number of carbonyl (C=O) groups excluding carboxylic acids is 1. The Morgan fingerprint density at radius 3 is 2.75 bits per heavy atom. The maximum atomic E-state index is 12.5. The van der Waals surface area contributed by atoms with Gasteiger partial charge in [0.25, 0.3) is 5.91 Å². The van der Waals surface area contributed by atoms with Crippen LogP contribution < -0.4 is 5.32 Å². The molecule has 1 aliphatic rings. The number of rotatable bonds is 2. The van der Waals surface area contributed by atoms with Crippen molar-refractivity contribution >= 4 is 29.0 Å². The Kier molecular flexibility index (Phi) is 4.58. The zero-order valence-electron chi connectivity index (χ0n) is 14.1. The standard InChI is InChI=1S/C19H20ClN3O/c1-12-4-5-14(13(2)8-12)10-21-18-11-23(3)19(24)16-9-15(20)6-7-17(16)22-18/h4-9H,10-11H2,1-3H3,(H,21,22). The summed E-state index contributed by atoms with van der Waals surface area (Å²) in [6, 6.07) is 11.6. The summed E-state index contributed by atoms with van der Waals surface area (Å²) in [5.41, 5.74) is 4.90. The highest BCUT2D eigenvalue weighted by Crippen LogP contribution is 2.26. The third-order valence-corrected chi connectivity index (χ3v) is 4.39. The third kappa shape index (κ3) is 3.44. The largest absolute Gasteiger partial charge is 0.368 e. The Morgan fingerprint density at radius 1 is 1.21 bits per heavy atom. The van der Waals surface area contributed by atoms with E-state index in [1.165, 1.54) is 16.7 Å². The minimum Gasteiger partial charge on any atom is -0.368 e. The molecule has 0 bridgehead atoms. The average Bonchev–Trinajstić information content (AvgIpc) is 2.65. The number of hydrogen-bond acceptors (Lipinski definition) is 3. The number of aliphatic imine (C=N–C) groups is 1. The van der Waals surface area contributed by atoms with Crippen LogP contribution in [0.4, 0.5) is 5.69 Å². The molecule has 3 rings (SSSR count). The molecule has 1 aliphatic heterocycles. The number of halogens is 1. The second-order valence-electron chi connectivity index (χ2n) is 6.16. The number of benzene rings is 2. The number of fused-ring (bicyclic) bond motifs is 1. The highest BCUT2D eigenvalue weighted by atomic mass is 35.5. The molecule has 5 heteroatoms. The van der Waals surface area contributed by atoms with Crippen molar-refractivity contribution in [2.75, 3.05) is 13.6 Å². The maximum absolute atomic E-state index is 12.5. The van der Waals surface area contributed by atoms with Crippen LogP contribution in [0, 0.1) is 13.8 Å². The number of nitrogens with one attached hydrogen (secondary N) is 1. The Morgan fingerprint density at radius 2 is 2.00 bits per heavy atom. The lowest BCUT2D eigenvalue weighted by molar-refractivity contribution is 0.0816. The molecular formula is C19H20ClN3O. The Labute approximate surface area is 147 Å². The molecule has 24 heavy (non-hydrogen) atoms. The highest BCUT2D eigenvalue weighted by molar-refractivity contribution is 6.31. The monoisotopic (exact) mass is 341 g/mol. The van der Waals surface area contributed by atoms with Gasteiger partial charge in [0.2, 0.25) is 0 Å². The molecule has 4 nitrogen and oxygen atoms in total. The minimum absolute atomic E-state index is 0.0698. The molecule has 2 aromatic rings. The van der Waals surface area contributed by atoms with Gasteiger partial charge in [0.15, 0.2) is 0 Å². The zero-order chi connectivity index (χ0) is 17.3. The van der Waals surface area contributed by atoms with Crippen LogP contribution in [-0.2, 0) is 6.54 Å². The van der Waals surface area contributed by atoms with E-state index in [2.05, 4.69) is 42.4 Å². The Hall–Kier alpha value is -2.33. The van der Waals surface area contributed by atoms with E-state index in [0.29, 0.717) is 29.4 Å². The van der Waals surface area contributed by atoms with Gasteiger partial charge in [-0.05, 0) is 43.2 Å². The van der Waals surface area contributed by atoms with Crippen molar-refractivity contribution in [3.8, 4) is 0 Å². The van der Waals surface area contributed by atoms with E-state index in [1.807, 2.05) is 0 Å². The van der Waals surface area contributed by atoms with Gasteiger partial charge in [-0.3, -0.25) is 4.79 Å². The topological polar surface area (TPSA) is 44.7 Å². The predicted molar refractivity (Wildman–Crippen MR) is 98.3 cm³/mol. The number of likely N-dealkylation sites (N-methyl/N-ethyl adjacent to an activating group) is 1. The lowest BCUT2D eigenvalue weighted by Crippen LogP contribution is -2.36. The van der Waals surface area contributed by atoms with Crippen molar-refractivity contribution in [2.45, 2.75) is 20.4 Å². The van der Waals surface area contributed by atoms with Crippen molar-refractivity contribution in [1.29, 1.82) is 0 Å². The molecule has 0 unspecified atom stereocenters. The molecule has 1 heterocycles. The number of amidine groups is 1. The van der Waals surface area contributed by atoms with Crippen LogP contribution >= 0.6 is 11.6 Å². The van der Waals surface area contributed by atoms with E-state index in [1.54, 1.807) is 30.1 Å². The van der Waals surface area contributed by atoms with E-state index in [-0.39, 0.29) is 5.91 Å². The lowest BCUT2D eigenvalue weighted by Gasteiger charge is -2.17.